The zero-order valence-corrected chi connectivity index (χ0v) is 14.0. The maximum atomic E-state index is 6.29. The molecule has 2 heteroatoms. The van der Waals surface area contributed by atoms with Gasteiger partial charge in [-0.25, -0.2) is 0 Å². The molecule has 1 saturated heterocycles. The summed E-state index contributed by atoms with van der Waals surface area (Å²) in [5.41, 5.74) is 13.0. The predicted octanol–water partition coefficient (Wildman–Crippen LogP) is 3.96. The van der Waals surface area contributed by atoms with Crippen molar-refractivity contribution < 1.29 is 0 Å². The Bertz CT molecular complexity index is 707. The number of hydrogen-bond donors (Lipinski definition) is 1. The molecule has 2 aromatic rings. The summed E-state index contributed by atoms with van der Waals surface area (Å²) < 4.78 is 0. The minimum absolute atomic E-state index is 0.635. The van der Waals surface area contributed by atoms with Crippen LogP contribution in [0, 0.1) is 12.8 Å². The van der Waals surface area contributed by atoms with Crippen LogP contribution in [-0.2, 0) is 19.4 Å². The molecular weight excluding hydrogens is 280 g/mol. The molecule has 0 amide bonds. The van der Waals surface area contributed by atoms with Gasteiger partial charge in [-0.3, -0.25) is 4.90 Å². The second-order valence-corrected chi connectivity index (χ2v) is 7.41. The number of fused-ring (bicyclic) bond motifs is 2. The summed E-state index contributed by atoms with van der Waals surface area (Å²) in [7, 11) is 0. The van der Waals surface area contributed by atoms with E-state index in [2.05, 4.69) is 54.3 Å². The first kappa shape index (κ1) is 14.8. The molecule has 2 unspecified atom stereocenters. The molecular formula is C21H26N2. The smallest absolute Gasteiger partial charge is 0.0349 e. The Hall–Kier alpha value is -1.80. The van der Waals surface area contributed by atoms with Crippen molar-refractivity contribution in [3.8, 4) is 0 Å². The number of nitrogens with two attached hydrogens (primary N) is 1. The fourth-order valence-corrected chi connectivity index (χ4v) is 4.46. The van der Waals surface area contributed by atoms with Gasteiger partial charge in [-0.05, 0) is 61.3 Å². The number of benzene rings is 2. The van der Waals surface area contributed by atoms with E-state index in [-0.39, 0.29) is 0 Å². The van der Waals surface area contributed by atoms with Crippen LogP contribution >= 0.6 is 0 Å². The van der Waals surface area contributed by atoms with E-state index < -0.39 is 0 Å². The van der Waals surface area contributed by atoms with E-state index in [0.717, 1.165) is 24.6 Å². The molecule has 0 aromatic heterocycles. The Labute approximate surface area is 139 Å². The van der Waals surface area contributed by atoms with Crippen molar-refractivity contribution in [1.29, 1.82) is 0 Å². The van der Waals surface area contributed by atoms with Gasteiger partial charge in [0.15, 0.2) is 0 Å². The highest BCUT2D eigenvalue weighted by Crippen LogP contribution is 2.35. The summed E-state index contributed by atoms with van der Waals surface area (Å²) in [4.78, 5) is 2.71. The average Bonchev–Trinajstić information content (AvgIpc) is 2.49. The van der Waals surface area contributed by atoms with Gasteiger partial charge in [-0.1, -0.05) is 42.0 Å². The first-order valence-electron chi connectivity index (χ1n) is 8.85. The van der Waals surface area contributed by atoms with Crippen molar-refractivity contribution in [3.05, 3.63) is 64.7 Å². The molecule has 3 aliphatic rings. The van der Waals surface area contributed by atoms with Crippen LogP contribution in [0.2, 0.25) is 0 Å². The topological polar surface area (TPSA) is 29.3 Å². The summed E-state index contributed by atoms with van der Waals surface area (Å²) in [5.74, 6) is 0.775. The third kappa shape index (κ3) is 3.00. The fourth-order valence-electron chi connectivity index (χ4n) is 4.46. The van der Waals surface area contributed by atoms with Crippen LogP contribution in [0.1, 0.15) is 35.1 Å². The van der Waals surface area contributed by atoms with E-state index >= 15 is 0 Å². The van der Waals surface area contributed by atoms with E-state index in [1.54, 1.807) is 0 Å². The highest BCUT2D eigenvalue weighted by atomic mass is 15.2. The molecule has 1 aliphatic carbocycles. The quantitative estimate of drug-likeness (QED) is 0.851. The Morgan fingerprint density at radius 1 is 1.09 bits per heavy atom. The van der Waals surface area contributed by atoms with E-state index in [1.807, 2.05) is 0 Å². The second-order valence-electron chi connectivity index (χ2n) is 7.41. The lowest BCUT2D eigenvalue weighted by Crippen LogP contribution is -2.46. The molecule has 5 rings (SSSR count). The van der Waals surface area contributed by atoms with E-state index in [1.165, 1.54) is 48.1 Å². The fraction of sp³-hybridized carbons (Fsp3) is 0.429. The van der Waals surface area contributed by atoms with Gasteiger partial charge in [0.25, 0.3) is 0 Å². The number of nitrogens with zero attached hydrogens (tertiary/aromatic N) is 1. The molecule has 2 bridgehead atoms. The van der Waals surface area contributed by atoms with Crippen LogP contribution < -0.4 is 5.73 Å². The lowest BCUT2D eigenvalue weighted by molar-refractivity contribution is 0.0939. The van der Waals surface area contributed by atoms with Crippen molar-refractivity contribution >= 4 is 5.69 Å². The number of hydrogen-bond acceptors (Lipinski definition) is 2. The van der Waals surface area contributed by atoms with Gasteiger partial charge in [0.1, 0.15) is 0 Å². The molecule has 2 aliphatic heterocycles. The lowest BCUT2D eigenvalue weighted by Gasteiger charge is -2.42. The number of anilines is 1. The van der Waals surface area contributed by atoms with Crippen LogP contribution in [0.3, 0.4) is 0 Å². The molecule has 2 N–H and O–H groups in total. The number of aryl methyl sites for hydroxylation is 1. The lowest BCUT2D eigenvalue weighted by atomic mass is 9.79. The molecule has 2 atom stereocenters. The largest absolute Gasteiger partial charge is 0.398 e. The molecule has 120 valence electrons. The van der Waals surface area contributed by atoms with Crippen LogP contribution in [0.15, 0.2) is 42.5 Å². The Balaban J connectivity index is 1.61. The normalized spacial score (nSPS) is 24.0. The van der Waals surface area contributed by atoms with Gasteiger partial charge < -0.3 is 5.73 Å². The van der Waals surface area contributed by atoms with Gasteiger partial charge >= 0.3 is 0 Å². The second kappa shape index (κ2) is 6.01. The minimum atomic E-state index is 0.635. The Morgan fingerprint density at radius 3 is 2.83 bits per heavy atom. The summed E-state index contributed by atoms with van der Waals surface area (Å²) >= 11 is 0. The van der Waals surface area contributed by atoms with Crippen molar-refractivity contribution in [2.24, 2.45) is 5.92 Å². The van der Waals surface area contributed by atoms with Crippen molar-refractivity contribution in [2.75, 3.05) is 12.3 Å². The molecule has 0 saturated carbocycles. The average molecular weight is 306 g/mol. The zero-order chi connectivity index (χ0) is 15.8. The van der Waals surface area contributed by atoms with E-state index in [0.29, 0.717) is 6.04 Å². The molecule has 23 heavy (non-hydrogen) atoms. The molecule has 0 radical (unpaired) electrons. The number of piperidine rings is 1. The molecule has 0 spiro atoms. The monoisotopic (exact) mass is 306 g/mol. The third-order valence-electron chi connectivity index (χ3n) is 5.64. The first-order valence-corrected chi connectivity index (χ1v) is 8.85. The van der Waals surface area contributed by atoms with Gasteiger partial charge in [0.05, 0.1) is 0 Å². The zero-order valence-electron chi connectivity index (χ0n) is 14.0. The van der Waals surface area contributed by atoms with Gasteiger partial charge in [0.2, 0.25) is 0 Å². The standard InChI is InChI=1S/C21H26N2/c1-15-4-2-5-16(10-15)13-23-14-17-8-9-19(23)12-20-18(11-17)6-3-7-21(20)22/h2-7,10,17,19H,8-9,11-14,22H2,1H3. The van der Waals surface area contributed by atoms with Gasteiger partial charge in [-0.2, -0.15) is 0 Å². The molecule has 2 heterocycles. The molecule has 2 nitrogen and oxygen atoms in total. The maximum Gasteiger partial charge on any atom is 0.0349 e. The molecule has 1 fully saturated rings. The van der Waals surface area contributed by atoms with E-state index in [9.17, 15) is 0 Å². The highest BCUT2D eigenvalue weighted by Gasteiger charge is 2.32. The Kier molecular flexibility index (Phi) is 3.86. The SMILES string of the molecule is Cc1cccc(CN2CC3CCC2Cc2c(N)cccc2C3)c1. The van der Waals surface area contributed by atoms with Crippen LogP contribution in [0.25, 0.3) is 0 Å². The van der Waals surface area contributed by atoms with E-state index in [4.69, 9.17) is 5.73 Å². The summed E-state index contributed by atoms with van der Waals surface area (Å²) in [6.07, 6.45) is 4.98. The maximum absolute atomic E-state index is 6.29. The molecule has 2 aromatic carbocycles. The minimum Gasteiger partial charge on any atom is -0.398 e. The van der Waals surface area contributed by atoms with Crippen LogP contribution in [0.4, 0.5) is 5.69 Å². The number of nitrogen functional groups attached to an aromatic ring is 1. The van der Waals surface area contributed by atoms with Gasteiger partial charge in [-0.15, -0.1) is 0 Å². The van der Waals surface area contributed by atoms with Gasteiger partial charge in [0, 0.05) is 24.8 Å². The highest BCUT2D eigenvalue weighted by molar-refractivity contribution is 5.52. The number of rotatable bonds is 2. The van der Waals surface area contributed by atoms with Crippen LogP contribution in [0.5, 0.6) is 0 Å². The van der Waals surface area contributed by atoms with Crippen molar-refractivity contribution in [1.82, 2.24) is 4.90 Å². The predicted molar refractivity (Wildman–Crippen MR) is 96.4 cm³/mol. The van der Waals surface area contributed by atoms with Crippen molar-refractivity contribution in [2.45, 2.75) is 45.2 Å². The summed E-state index contributed by atoms with van der Waals surface area (Å²) in [5, 5.41) is 0. The first-order chi connectivity index (χ1) is 11.2. The third-order valence-corrected chi connectivity index (χ3v) is 5.64. The summed E-state index contributed by atoms with van der Waals surface area (Å²) in [6.45, 7) is 4.48. The Morgan fingerprint density at radius 2 is 1.96 bits per heavy atom. The summed E-state index contributed by atoms with van der Waals surface area (Å²) in [6, 6.07) is 16.1. The van der Waals surface area contributed by atoms with Crippen molar-refractivity contribution in [3.63, 3.8) is 0 Å². The van der Waals surface area contributed by atoms with Crippen LogP contribution in [-0.4, -0.2) is 17.5 Å².